The summed E-state index contributed by atoms with van der Waals surface area (Å²) in [5, 5.41) is 2.16. The Morgan fingerprint density at radius 2 is 2.35 bits per heavy atom. The minimum absolute atomic E-state index is 0.156. The Morgan fingerprint density at radius 1 is 1.59 bits per heavy atom. The van der Waals surface area contributed by atoms with Crippen LogP contribution in [0.15, 0.2) is 11.4 Å². The molecule has 0 aliphatic carbocycles. The van der Waals surface area contributed by atoms with Crippen molar-refractivity contribution in [3.8, 4) is 0 Å². The topological polar surface area (TPSA) is 38.5 Å². The quantitative estimate of drug-likeness (QED) is 0.895. The lowest BCUT2D eigenvalue weighted by Crippen LogP contribution is -2.38. The molecule has 0 spiro atoms. The summed E-state index contributed by atoms with van der Waals surface area (Å²) in [7, 11) is 1.80. The first-order chi connectivity index (χ1) is 8.13. The number of aryl methyl sites for hydroxylation is 1. The fourth-order valence-corrected chi connectivity index (χ4v) is 3.80. The zero-order valence-electron chi connectivity index (χ0n) is 10.8. The van der Waals surface area contributed by atoms with Crippen LogP contribution in [0.4, 0.5) is 0 Å². The first-order valence-electron chi connectivity index (χ1n) is 6.20. The van der Waals surface area contributed by atoms with E-state index in [9.17, 15) is 0 Å². The van der Waals surface area contributed by atoms with Crippen LogP contribution in [0.2, 0.25) is 0 Å². The van der Waals surface area contributed by atoms with Gasteiger partial charge < -0.3 is 10.5 Å². The Balaban J connectivity index is 2.17. The number of hydrogen-bond donors (Lipinski definition) is 1. The summed E-state index contributed by atoms with van der Waals surface area (Å²) in [4.78, 5) is 3.88. The molecule has 96 valence electrons. The van der Waals surface area contributed by atoms with Gasteiger partial charge in [-0.25, -0.2) is 0 Å². The van der Waals surface area contributed by atoms with Gasteiger partial charge in [-0.3, -0.25) is 4.90 Å². The standard InChI is InChI=1S/C13H22N2OS/c1-9-5-7-17-13(9)12(10(2)14)15-6-4-11(8-15)16-3/h5,7,10-12H,4,6,8,14H2,1-3H3. The van der Waals surface area contributed by atoms with Crippen molar-refractivity contribution in [2.75, 3.05) is 20.2 Å². The number of ether oxygens (including phenoxy) is 1. The van der Waals surface area contributed by atoms with Gasteiger partial charge in [0.1, 0.15) is 0 Å². The van der Waals surface area contributed by atoms with Crippen molar-refractivity contribution in [1.29, 1.82) is 0 Å². The molecule has 0 amide bonds. The third kappa shape index (κ3) is 2.71. The fourth-order valence-electron chi connectivity index (χ4n) is 2.62. The summed E-state index contributed by atoms with van der Waals surface area (Å²) in [5.74, 6) is 0. The molecule has 1 aliphatic rings. The van der Waals surface area contributed by atoms with Gasteiger partial charge in [-0.15, -0.1) is 11.3 Å². The van der Waals surface area contributed by atoms with Crippen LogP contribution in [0.1, 0.15) is 29.8 Å². The molecular weight excluding hydrogens is 232 g/mol. The summed E-state index contributed by atoms with van der Waals surface area (Å²) in [6, 6.07) is 2.68. The van der Waals surface area contributed by atoms with Crippen LogP contribution < -0.4 is 5.73 Å². The molecule has 17 heavy (non-hydrogen) atoms. The summed E-state index contributed by atoms with van der Waals surface area (Å²) >= 11 is 1.82. The highest BCUT2D eigenvalue weighted by Gasteiger charge is 2.32. The second-order valence-electron chi connectivity index (χ2n) is 4.91. The van der Waals surface area contributed by atoms with E-state index in [2.05, 4.69) is 30.2 Å². The molecule has 2 N–H and O–H groups in total. The van der Waals surface area contributed by atoms with Gasteiger partial charge in [-0.05, 0) is 37.3 Å². The van der Waals surface area contributed by atoms with Crippen LogP contribution in [0.3, 0.4) is 0 Å². The van der Waals surface area contributed by atoms with Crippen molar-refractivity contribution in [3.63, 3.8) is 0 Å². The van der Waals surface area contributed by atoms with Crippen molar-refractivity contribution in [1.82, 2.24) is 4.90 Å². The van der Waals surface area contributed by atoms with Gasteiger partial charge in [0.25, 0.3) is 0 Å². The van der Waals surface area contributed by atoms with Gasteiger partial charge in [-0.1, -0.05) is 0 Å². The van der Waals surface area contributed by atoms with Crippen LogP contribution >= 0.6 is 11.3 Å². The third-order valence-corrected chi connectivity index (χ3v) is 4.66. The van der Waals surface area contributed by atoms with Crippen LogP contribution in [0, 0.1) is 6.92 Å². The molecular formula is C13H22N2OS. The molecule has 4 heteroatoms. The number of thiophene rings is 1. The Kier molecular flexibility index (Phi) is 4.20. The SMILES string of the molecule is COC1CCN(C(c2sccc2C)C(C)N)C1. The normalized spacial score (nSPS) is 25.1. The van der Waals surface area contributed by atoms with E-state index in [1.54, 1.807) is 7.11 Å². The summed E-state index contributed by atoms with van der Waals surface area (Å²) < 4.78 is 5.44. The van der Waals surface area contributed by atoms with Crippen LogP contribution in [-0.2, 0) is 4.74 Å². The first-order valence-corrected chi connectivity index (χ1v) is 7.08. The van der Waals surface area contributed by atoms with Crippen molar-refractivity contribution in [3.05, 3.63) is 21.9 Å². The Hall–Kier alpha value is -0.420. The minimum Gasteiger partial charge on any atom is -0.380 e. The van der Waals surface area contributed by atoms with E-state index in [0.717, 1.165) is 19.5 Å². The molecule has 2 heterocycles. The molecule has 2 rings (SSSR count). The number of nitrogens with zero attached hydrogens (tertiary/aromatic N) is 1. The van der Waals surface area contributed by atoms with E-state index in [-0.39, 0.29) is 6.04 Å². The number of methoxy groups -OCH3 is 1. The molecule has 1 saturated heterocycles. The molecule has 0 bridgehead atoms. The van der Waals surface area contributed by atoms with Crippen LogP contribution in [0.5, 0.6) is 0 Å². The third-order valence-electron chi connectivity index (χ3n) is 3.57. The second-order valence-corrected chi connectivity index (χ2v) is 5.86. The highest BCUT2D eigenvalue weighted by atomic mass is 32.1. The molecule has 3 atom stereocenters. The Morgan fingerprint density at radius 3 is 2.82 bits per heavy atom. The van der Waals surface area contributed by atoms with E-state index in [0.29, 0.717) is 12.1 Å². The Bertz CT molecular complexity index is 364. The number of nitrogens with two attached hydrogens (primary N) is 1. The lowest BCUT2D eigenvalue weighted by atomic mass is 10.0. The first kappa shape index (κ1) is 13.0. The maximum absolute atomic E-state index is 6.19. The van der Waals surface area contributed by atoms with Gasteiger partial charge in [0.15, 0.2) is 0 Å². The van der Waals surface area contributed by atoms with Crippen LogP contribution in [0.25, 0.3) is 0 Å². The van der Waals surface area contributed by atoms with Crippen molar-refractivity contribution < 1.29 is 4.74 Å². The average Bonchev–Trinajstić information content (AvgIpc) is 2.89. The van der Waals surface area contributed by atoms with E-state index in [1.807, 2.05) is 11.3 Å². The predicted molar refractivity (Wildman–Crippen MR) is 72.4 cm³/mol. The predicted octanol–water partition coefficient (Wildman–Crippen LogP) is 2.17. The summed E-state index contributed by atoms with van der Waals surface area (Å²) in [5.41, 5.74) is 7.55. The zero-order chi connectivity index (χ0) is 12.4. The van der Waals surface area contributed by atoms with Crippen LogP contribution in [-0.4, -0.2) is 37.2 Å². The fraction of sp³-hybridized carbons (Fsp3) is 0.692. The number of rotatable bonds is 4. The van der Waals surface area contributed by atoms with Gasteiger partial charge in [0.05, 0.1) is 12.1 Å². The molecule has 0 saturated carbocycles. The summed E-state index contributed by atoms with van der Waals surface area (Å²) in [6.45, 7) is 6.36. The average molecular weight is 254 g/mol. The lowest BCUT2D eigenvalue weighted by molar-refractivity contribution is 0.0985. The number of hydrogen-bond acceptors (Lipinski definition) is 4. The van der Waals surface area contributed by atoms with E-state index < -0.39 is 0 Å². The molecule has 3 nitrogen and oxygen atoms in total. The molecule has 0 radical (unpaired) electrons. The zero-order valence-corrected chi connectivity index (χ0v) is 11.7. The van der Waals surface area contributed by atoms with E-state index in [4.69, 9.17) is 10.5 Å². The second kappa shape index (κ2) is 5.48. The largest absolute Gasteiger partial charge is 0.380 e. The van der Waals surface area contributed by atoms with Crippen molar-refractivity contribution >= 4 is 11.3 Å². The minimum atomic E-state index is 0.156. The van der Waals surface area contributed by atoms with Gasteiger partial charge in [-0.2, -0.15) is 0 Å². The highest BCUT2D eigenvalue weighted by molar-refractivity contribution is 7.10. The summed E-state index contributed by atoms with van der Waals surface area (Å²) in [6.07, 6.45) is 1.49. The maximum Gasteiger partial charge on any atom is 0.0710 e. The molecule has 3 unspecified atom stereocenters. The Labute approximate surface area is 108 Å². The van der Waals surface area contributed by atoms with Gasteiger partial charge in [0, 0.05) is 31.1 Å². The molecule has 1 aromatic heterocycles. The smallest absolute Gasteiger partial charge is 0.0710 e. The molecule has 1 aliphatic heterocycles. The van der Waals surface area contributed by atoms with Crippen molar-refractivity contribution in [2.24, 2.45) is 5.73 Å². The highest BCUT2D eigenvalue weighted by Crippen LogP contribution is 2.33. The molecule has 0 aromatic carbocycles. The lowest BCUT2D eigenvalue weighted by Gasteiger charge is -2.30. The van der Waals surface area contributed by atoms with E-state index in [1.165, 1.54) is 10.4 Å². The monoisotopic (exact) mass is 254 g/mol. The van der Waals surface area contributed by atoms with Gasteiger partial charge >= 0.3 is 0 Å². The van der Waals surface area contributed by atoms with Crippen molar-refractivity contribution in [2.45, 2.75) is 38.5 Å². The maximum atomic E-state index is 6.19. The van der Waals surface area contributed by atoms with Gasteiger partial charge in [0.2, 0.25) is 0 Å². The molecule has 1 fully saturated rings. The van der Waals surface area contributed by atoms with E-state index >= 15 is 0 Å². The number of likely N-dealkylation sites (tertiary alicyclic amines) is 1. The molecule has 1 aromatic rings.